The van der Waals surface area contributed by atoms with Crippen LogP contribution in [-0.4, -0.2) is 20.7 Å². The summed E-state index contributed by atoms with van der Waals surface area (Å²) in [5.74, 6) is 0.865. The first-order valence-electron chi connectivity index (χ1n) is 4.92. The summed E-state index contributed by atoms with van der Waals surface area (Å²) in [5.41, 5.74) is 6.04. The van der Waals surface area contributed by atoms with Crippen LogP contribution in [-0.2, 0) is 11.3 Å². The van der Waals surface area contributed by atoms with Crippen molar-refractivity contribution in [2.24, 2.45) is 5.73 Å². The predicted molar refractivity (Wildman–Crippen MR) is 59.4 cm³/mol. The first-order chi connectivity index (χ1) is 7.66. The van der Waals surface area contributed by atoms with Crippen LogP contribution >= 0.6 is 0 Å². The van der Waals surface area contributed by atoms with Gasteiger partial charge in [0.1, 0.15) is 12.4 Å². The van der Waals surface area contributed by atoms with E-state index in [1.165, 1.54) is 4.68 Å². The first-order valence-corrected chi connectivity index (χ1v) is 4.92. The standard InChI is InChI=1S/C11H12N4O/c1-8-13-11(9-5-3-2-4-6-9)14-15(8)7-10(12)16/h2-6H,7H2,1H3,(H2,12,16). The Morgan fingerprint density at radius 3 is 2.69 bits per heavy atom. The molecule has 1 heterocycles. The van der Waals surface area contributed by atoms with Crippen molar-refractivity contribution in [1.82, 2.24) is 14.8 Å². The molecule has 0 aliphatic rings. The van der Waals surface area contributed by atoms with Crippen LogP contribution in [0.25, 0.3) is 11.4 Å². The zero-order chi connectivity index (χ0) is 11.5. The Morgan fingerprint density at radius 1 is 1.38 bits per heavy atom. The number of hydrogen-bond donors (Lipinski definition) is 1. The predicted octanol–water partition coefficient (Wildman–Crippen LogP) is 0.739. The van der Waals surface area contributed by atoms with Gasteiger partial charge in [-0.05, 0) is 6.92 Å². The summed E-state index contributed by atoms with van der Waals surface area (Å²) in [6, 6.07) is 9.60. The van der Waals surface area contributed by atoms with Crippen molar-refractivity contribution >= 4 is 5.91 Å². The van der Waals surface area contributed by atoms with Crippen molar-refractivity contribution in [1.29, 1.82) is 0 Å². The van der Waals surface area contributed by atoms with E-state index in [2.05, 4.69) is 10.1 Å². The van der Waals surface area contributed by atoms with E-state index >= 15 is 0 Å². The van der Waals surface area contributed by atoms with Crippen LogP contribution in [0.4, 0.5) is 0 Å². The Labute approximate surface area is 92.9 Å². The van der Waals surface area contributed by atoms with Crippen LogP contribution in [0, 0.1) is 6.92 Å². The van der Waals surface area contributed by atoms with Crippen molar-refractivity contribution in [2.45, 2.75) is 13.5 Å². The van der Waals surface area contributed by atoms with E-state index in [1.54, 1.807) is 6.92 Å². The smallest absolute Gasteiger partial charge is 0.239 e. The molecule has 82 valence electrons. The molecule has 0 saturated heterocycles. The lowest BCUT2D eigenvalue weighted by Crippen LogP contribution is -2.20. The SMILES string of the molecule is Cc1nc(-c2ccccc2)nn1CC(N)=O. The van der Waals surface area contributed by atoms with Gasteiger partial charge in [-0.3, -0.25) is 4.79 Å². The molecule has 0 radical (unpaired) electrons. The second kappa shape index (κ2) is 4.14. The quantitative estimate of drug-likeness (QED) is 0.822. The molecule has 1 amide bonds. The van der Waals surface area contributed by atoms with Gasteiger partial charge in [0.05, 0.1) is 0 Å². The normalized spacial score (nSPS) is 10.3. The number of rotatable bonds is 3. The third-order valence-corrected chi connectivity index (χ3v) is 2.19. The largest absolute Gasteiger partial charge is 0.368 e. The summed E-state index contributed by atoms with van der Waals surface area (Å²) >= 11 is 0. The zero-order valence-corrected chi connectivity index (χ0v) is 8.92. The number of hydrogen-bond acceptors (Lipinski definition) is 3. The average Bonchev–Trinajstić information content (AvgIpc) is 2.61. The molecule has 1 aromatic heterocycles. The highest BCUT2D eigenvalue weighted by molar-refractivity contribution is 5.73. The topological polar surface area (TPSA) is 73.8 Å². The maximum absolute atomic E-state index is 10.8. The number of aromatic nitrogens is 3. The average molecular weight is 216 g/mol. The van der Waals surface area contributed by atoms with Gasteiger partial charge in [0.2, 0.25) is 5.91 Å². The summed E-state index contributed by atoms with van der Waals surface area (Å²) in [6.45, 7) is 1.86. The van der Waals surface area contributed by atoms with Gasteiger partial charge < -0.3 is 5.73 Å². The van der Waals surface area contributed by atoms with Gasteiger partial charge >= 0.3 is 0 Å². The first kappa shape index (κ1) is 10.4. The molecule has 16 heavy (non-hydrogen) atoms. The fourth-order valence-corrected chi connectivity index (χ4v) is 1.43. The van der Waals surface area contributed by atoms with Crippen molar-refractivity contribution in [2.75, 3.05) is 0 Å². The molecule has 2 aromatic rings. The molecule has 1 aromatic carbocycles. The van der Waals surface area contributed by atoms with E-state index < -0.39 is 5.91 Å². The third-order valence-electron chi connectivity index (χ3n) is 2.19. The van der Waals surface area contributed by atoms with E-state index in [1.807, 2.05) is 30.3 Å². The van der Waals surface area contributed by atoms with Gasteiger partial charge in [0.25, 0.3) is 0 Å². The molecule has 0 fully saturated rings. The Bertz CT molecular complexity index is 504. The van der Waals surface area contributed by atoms with Crippen molar-refractivity contribution in [3.8, 4) is 11.4 Å². The molecule has 2 rings (SSSR count). The summed E-state index contributed by atoms with van der Waals surface area (Å²) in [6.07, 6.45) is 0. The summed E-state index contributed by atoms with van der Waals surface area (Å²) < 4.78 is 1.50. The van der Waals surface area contributed by atoms with Crippen LogP contribution in [0.5, 0.6) is 0 Å². The summed E-state index contributed by atoms with van der Waals surface area (Å²) in [4.78, 5) is 15.1. The van der Waals surface area contributed by atoms with Crippen LogP contribution in [0.2, 0.25) is 0 Å². The molecular weight excluding hydrogens is 204 g/mol. The van der Waals surface area contributed by atoms with Crippen LogP contribution in [0.15, 0.2) is 30.3 Å². The number of aryl methyl sites for hydroxylation is 1. The lowest BCUT2D eigenvalue weighted by atomic mass is 10.2. The third kappa shape index (κ3) is 2.08. The highest BCUT2D eigenvalue weighted by Gasteiger charge is 2.09. The zero-order valence-electron chi connectivity index (χ0n) is 8.92. The fourth-order valence-electron chi connectivity index (χ4n) is 1.43. The number of carbonyl (C=O) groups excluding carboxylic acids is 1. The van der Waals surface area contributed by atoms with Crippen LogP contribution in [0.1, 0.15) is 5.82 Å². The minimum atomic E-state index is -0.424. The van der Waals surface area contributed by atoms with Gasteiger partial charge in [0.15, 0.2) is 5.82 Å². The molecule has 2 N–H and O–H groups in total. The second-order valence-electron chi connectivity index (χ2n) is 3.47. The Kier molecular flexibility index (Phi) is 2.68. The molecule has 0 aliphatic heterocycles. The van der Waals surface area contributed by atoms with Crippen LogP contribution < -0.4 is 5.73 Å². The highest BCUT2D eigenvalue weighted by atomic mass is 16.1. The van der Waals surface area contributed by atoms with Gasteiger partial charge in [0, 0.05) is 5.56 Å². The molecule has 0 atom stereocenters. The molecule has 5 nitrogen and oxygen atoms in total. The number of nitrogens with two attached hydrogens (primary N) is 1. The Balaban J connectivity index is 2.34. The van der Waals surface area contributed by atoms with E-state index in [4.69, 9.17) is 5.73 Å². The highest BCUT2D eigenvalue weighted by Crippen LogP contribution is 2.14. The second-order valence-corrected chi connectivity index (χ2v) is 3.47. The molecule has 0 spiro atoms. The summed E-state index contributed by atoms with van der Waals surface area (Å²) in [5, 5.41) is 4.22. The number of carbonyl (C=O) groups is 1. The van der Waals surface area contributed by atoms with E-state index in [0.717, 1.165) is 5.56 Å². The number of primary amides is 1. The van der Waals surface area contributed by atoms with Gasteiger partial charge in [-0.2, -0.15) is 5.10 Å². The van der Waals surface area contributed by atoms with Crippen LogP contribution in [0.3, 0.4) is 0 Å². The lowest BCUT2D eigenvalue weighted by molar-refractivity contribution is -0.118. The van der Waals surface area contributed by atoms with Gasteiger partial charge in [-0.1, -0.05) is 30.3 Å². The van der Waals surface area contributed by atoms with Gasteiger partial charge in [-0.25, -0.2) is 9.67 Å². The maximum Gasteiger partial charge on any atom is 0.239 e. The Hall–Kier alpha value is -2.17. The van der Waals surface area contributed by atoms with Crippen molar-refractivity contribution in [3.63, 3.8) is 0 Å². The number of benzene rings is 1. The van der Waals surface area contributed by atoms with Crippen molar-refractivity contribution < 1.29 is 4.79 Å². The monoisotopic (exact) mass is 216 g/mol. The number of amides is 1. The summed E-state index contributed by atoms with van der Waals surface area (Å²) in [7, 11) is 0. The van der Waals surface area contributed by atoms with E-state index in [9.17, 15) is 4.79 Å². The van der Waals surface area contributed by atoms with E-state index in [0.29, 0.717) is 11.6 Å². The lowest BCUT2D eigenvalue weighted by Gasteiger charge is -1.97. The molecule has 5 heteroatoms. The maximum atomic E-state index is 10.8. The number of nitrogens with zero attached hydrogens (tertiary/aromatic N) is 3. The molecular formula is C11H12N4O. The Morgan fingerprint density at radius 2 is 2.06 bits per heavy atom. The van der Waals surface area contributed by atoms with E-state index in [-0.39, 0.29) is 6.54 Å². The van der Waals surface area contributed by atoms with Gasteiger partial charge in [-0.15, -0.1) is 0 Å². The molecule has 0 bridgehead atoms. The molecule has 0 unspecified atom stereocenters. The molecule has 0 aliphatic carbocycles. The minimum absolute atomic E-state index is 0.0612. The minimum Gasteiger partial charge on any atom is -0.368 e. The van der Waals surface area contributed by atoms with Crippen molar-refractivity contribution in [3.05, 3.63) is 36.2 Å². The fraction of sp³-hybridized carbons (Fsp3) is 0.182. The molecule has 0 saturated carbocycles.